The molecule has 0 atom stereocenters. The van der Waals surface area contributed by atoms with Crippen molar-refractivity contribution in [2.75, 3.05) is 0 Å². The summed E-state index contributed by atoms with van der Waals surface area (Å²) in [6, 6.07) is 3.82. The second-order valence-corrected chi connectivity index (χ2v) is 2.82. The fourth-order valence-electron chi connectivity index (χ4n) is 1.22. The van der Waals surface area contributed by atoms with Gasteiger partial charge in [0.05, 0.1) is 5.56 Å². The molecule has 0 saturated carbocycles. The minimum absolute atomic E-state index is 0.0949. The molecule has 0 amide bonds. The van der Waals surface area contributed by atoms with Gasteiger partial charge in [0.25, 0.3) is 6.43 Å². The Morgan fingerprint density at radius 3 is 2.64 bits per heavy atom. The number of aromatic hydroxyl groups is 1. The molecule has 0 bridgehead atoms. The Morgan fingerprint density at radius 1 is 1.50 bits per heavy atom. The van der Waals surface area contributed by atoms with E-state index in [1.807, 2.05) is 0 Å². The second-order valence-electron chi connectivity index (χ2n) is 2.82. The predicted molar refractivity (Wildman–Crippen MR) is 47.7 cm³/mol. The molecule has 0 spiro atoms. The molecule has 1 N–H and O–H groups in total. The average molecular weight is 200 g/mol. The first-order valence-corrected chi connectivity index (χ1v) is 4.21. The van der Waals surface area contributed by atoms with Crippen LogP contribution in [0.3, 0.4) is 0 Å². The predicted octanol–water partition coefficient (Wildman–Crippen LogP) is 2.92. The number of hydrogen-bond acceptors (Lipinski definition) is 2. The molecule has 4 heteroatoms. The van der Waals surface area contributed by atoms with E-state index in [0.717, 1.165) is 6.07 Å². The number of carbonyl (C=O) groups is 1. The van der Waals surface area contributed by atoms with E-state index in [4.69, 9.17) is 0 Å². The maximum Gasteiger partial charge on any atom is 0.268 e. The molecule has 14 heavy (non-hydrogen) atoms. The van der Waals surface area contributed by atoms with Crippen LogP contribution in [0.5, 0.6) is 5.75 Å². The highest BCUT2D eigenvalue weighted by molar-refractivity contribution is 5.97. The van der Waals surface area contributed by atoms with Crippen LogP contribution in [0.2, 0.25) is 0 Å². The molecule has 0 radical (unpaired) electrons. The topological polar surface area (TPSA) is 37.3 Å². The summed E-state index contributed by atoms with van der Waals surface area (Å²) >= 11 is 0. The van der Waals surface area contributed by atoms with Crippen LogP contribution in [0.1, 0.15) is 35.7 Å². The third kappa shape index (κ3) is 1.89. The summed E-state index contributed by atoms with van der Waals surface area (Å²) in [7, 11) is 0. The van der Waals surface area contributed by atoms with E-state index in [2.05, 4.69) is 0 Å². The first-order chi connectivity index (χ1) is 6.57. The van der Waals surface area contributed by atoms with Crippen molar-refractivity contribution in [3.05, 3.63) is 29.3 Å². The van der Waals surface area contributed by atoms with E-state index in [9.17, 15) is 18.7 Å². The third-order valence-electron chi connectivity index (χ3n) is 1.92. The van der Waals surface area contributed by atoms with Gasteiger partial charge in [-0.1, -0.05) is 19.1 Å². The smallest absolute Gasteiger partial charge is 0.268 e. The largest absolute Gasteiger partial charge is 0.507 e. The molecule has 0 saturated heterocycles. The van der Waals surface area contributed by atoms with Crippen molar-refractivity contribution in [1.29, 1.82) is 0 Å². The second kappa shape index (κ2) is 4.17. The zero-order valence-electron chi connectivity index (χ0n) is 7.63. The number of halogens is 2. The number of hydrogen-bond donors (Lipinski definition) is 1. The molecule has 2 nitrogen and oxygen atoms in total. The van der Waals surface area contributed by atoms with Crippen LogP contribution < -0.4 is 0 Å². The van der Waals surface area contributed by atoms with Crippen molar-refractivity contribution in [2.45, 2.75) is 19.8 Å². The monoisotopic (exact) mass is 200 g/mol. The van der Waals surface area contributed by atoms with Crippen molar-refractivity contribution in [2.24, 2.45) is 0 Å². The van der Waals surface area contributed by atoms with Crippen molar-refractivity contribution in [3.8, 4) is 5.75 Å². The fraction of sp³-hybridized carbons (Fsp3) is 0.300. The number of rotatable bonds is 3. The lowest BCUT2D eigenvalue weighted by molar-refractivity contribution is 0.0972. The molecular weight excluding hydrogens is 190 g/mol. The highest BCUT2D eigenvalue weighted by atomic mass is 19.3. The van der Waals surface area contributed by atoms with Crippen LogP contribution in [0.15, 0.2) is 18.2 Å². The number of ketones is 1. The van der Waals surface area contributed by atoms with Gasteiger partial charge >= 0.3 is 0 Å². The summed E-state index contributed by atoms with van der Waals surface area (Å²) < 4.78 is 24.9. The number of phenolic OH excluding ortho intramolecular Hbond substituents is 1. The van der Waals surface area contributed by atoms with Crippen LogP contribution in [-0.4, -0.2) is 10.9 Å². The number of carbonyl (C=O) groups excluding carboxylic acids is 1. The number of phenols is 1. The normalized spacial score (nSPS) is 10.6. The van der Waals surface area contributed by atoms with E-state index in [1.54, 1.807) is 6.92 Å². The first-order valence-electron chi connectivity index (χ1n) is 4.21. The van der Waals surface area contributed by atoms with Gasteiger partial charge in [-0.25, -0.2) is 8.78 Å². The Kier molecular flexibility index (Phi) is 3.17. The van der Waals surface area contributed by atoms with Crippen molar-refractivity contribution in [3.63, 3.8) is 0 Å². The summed E-state index contributed by atoms with van der Waals surface area (Å²) in [5.41, 5.74) is -0.665. The summed E-state index contributed by atoms with van der Waals surface area (Å²) in [5, 5.41) is 9.17. The summed E-state index contributed by atoms with van der Waals surface area (Å²) in [6.07, 6.45) is -2.69. The summed E-state index contributed by atoms with van der Waals surface area (Å²) in [5.74, 6) is -0.921. The van der Waals surface area contributed by atoms with E-state index in [-0.39, 0.29) is 12.0 Å². The highest BCUT2D eigenvalue weighted by Gasteiger charge is 2.20. The van der Waals surface area contributed by atoms with Crippen LogP contribution in [-0.2, 0) is 0 Å². The molecule has 1 rings (SSSR count). The minimum Gasteiger partial charge on any atom is -0.507 e. The minimum atomic E-state index is -2.83. The molecular formula is C10H10F2O2. The Morgan fingerprint density at radius 2 is 2.14 bits per heavy atom. The molecule has 0 fully saturated rings. The van der Waals surface area contributed by atoms with E-state index < -0.39 is 23.5 Å². The van der Waals surface area contributed by atoms with Gasteiger partial charge in [0.1, 0.15) is 5.75 Å². The van der Waals surface area contributed by atoms with E-state index in [1.165, 1.54) is 12.1 Å². The lowest BCUT2D eigenvalue weighted by atomic mass is 10.0. The summed E-state index contributed by atoms with van der Waals surface area (Å²) in [4.78, 5) is 11.2. The molecule has 0 aliphatic rings. The van der Waals surface area contributed by atoms with Gasteiger partial charge in [0, 0.05) is 12.0 Å². The Labute approximate surface area is 80.2 Å². The zero-order valence-corrected chi connectivity index (χ0v) is 7.63. The molecule has 1 aromatic carbocycles. The van der Waals surface area contributed by atoms with Crippen molar-refractivity contribution in [1.82, 2.24) is 0 Å². The standard InChI is InChI=1S/C10H10F2O2/c1-2-7(13)6-4-3-5-8(14)9(6)10(11)12/h3-5,10,14H,2H2,1H3. The van der Waals surface area contributed by atoms with Crippen LogP contribution in [0.4, 0.5) is 8.78 Å². The lowest BCUT2D eigenvalue weighted by Gasteiger charge is -2.08. The molecule has 0 heterocycles. The molecule has 0 aromatic heterocycles. The summed E-state index contributed by atoms with van der Waals surface area (Å²) in [6.45, 7) is 1.58. The molecule has 0 unspecified atom stereocenters. The van der Waals surface area contributed by atoms with E-state index >= 15 is 0 Å². The van der Waals surface area contributed by atoms with Gasteiger partial charge in [-0.05, 0) is 6.07 Å². The number of alkyl halides is 2. The maximum absolute atomic E-state index is 12.5. The van der Waals surface area contributed by atoms with Crippen LogP contribution >= 0.6 is 0 Å². The van der Waals surface area contributed by atoms with Crippen LogP contribution in [0.25, 0.3) is 0 Å². The molecule has 0 aliphatic carbocycles. The number of Topliss-reactive ketones (excluding diaryl/α,β-unsaturated/α-hetero) is 1. The van der Waals surface area contributed by atoms with Gasteiger partial charge in [0.2, 0.25) is 0 Å². The molecule has 76 valence electrons. The van der Waals surface area contributed by atoms with E-state index in [0.29, 0.717) is 0 Å². The Balaban J connectivity index is 3.28. The van der Waals surface area contributed by atoms with Gasteiger partial charge < -0.3 is 5.11 Å². The highest BCUT2D eigenvalue weighted by Crippen LogP contribution is 2.31. The number of benzene rings is 1. The van der Waals surface area contributed by atoms with Crippen LogP contribution in [0, 0.1) is 0 Å². The first kappa shape index (κ1) is 10.6. The quantitative estimate of drug-likeness (QED) is 0.761. The van der Waals surface area contributed by atoms with Gasteiger partial charge in [-0.2, -0.15) is 0 Å². The van der Waals surface area contributed by atoms with Gasteiger partial charge in [0.15, 0.2) is 5.78 Å². The Bertz CT molecular complexity index is 348. The fourth-order valence-corrected chi connectivity index (χ4v) is 1.22. The SMILES string of the molecule is CCC(=O)c1cccc(O)c1C(F)F. The lowest BCUT2D eigenvalue weighted by Crippen LogP contribution is -2.02. The van der Waals surface area contributed by atoms with Gasteiger partial charge in [-0.15, -0.1) is 0 Å². The average Bonchev–Trinajstić information content (AvgIpc) is 2.15. The molecule has 1 aromatic rings. The maximum atomic E-state index is 12.5. The zero-order chi connectivity index (χ0) is 10.7. The van der Waals surface area contributed by atoms with Crippen molar-refractivity contribution < 1.29 is 18.7 Å². The van der Waals surface area contributed by atoms with Crippen molar-refractivity contribution >= 4 is 5.78 Å². The third-order valence-corrected chi connectivity index (χ3v) is 1.92. The van der Waals surface area contributed by atoms with Gasteiger partial charge in [-0.3, -0.25) is 4.79 Å². The Hall–Kier alpha value is -1.45. The molecule has 0 aliphatic heterocycles.